The molecule has 1 aliphatic carbocycles. The van der Waals surface area contributed by atoms with Gasteiger partial charge in [0.05, 0.1) is 18.3 Å². The number of nitrogens with one attached hydrogen (secondary N) is 1. The molecule has 1 unspecified atom stereocenters. The van der Waals surface area contributed by atoms with Gasteiger partial charge >= 0.3 is 12.1 Å². The molecular formula is C16H25N3O4. The highest BCUT2D eigenvalue weighted by Crippen LogP contribution is 2.28. The smallest absolute Gasteiger partial charge is 0.408 e. The number of hydrogen-bond acceptors (Lipinski definition) is 5. The second kappa shape index (κ2) is 7.02. The van der Waals surface area contributed by atoms with Crippen LogP contribution in [0.2, 0.25) is 0 Å². The molecule has 23 heavy (non-hydrogen) atoms. The van der Waals surface area contributed by atoms with Crippen molar-refractivity contribution in [1.82, 2.24) is 15.1 Å². The van der Waals surface area contributed by atoms with Gasteiger partial charge in [-0.1, -0.05) is 0 Å². The lowest BCUT2D eigenvalue weighted by Crippen LogP contribution is -2.36. The lowest BCUT2D eigenvalue weighted by molar-refractivity contribution is -0.144. The molecule has 128 valence electrons. The van der Waals surface area contributed by atoms with E-state index in [0.717, 1.165) is 30.5 Å². The first kappa shape index (κ1) is 17.3. The van der Waals surface area contributed by atoms with E-state index in [1.54, 1.807) is 11.6 Å². The molecule has 0 saturated heterocycles. The van der Waals surface area contributed by atoms with E-state index >= 15 is 0 Å². The molecule has 1 aromatic rings. The van der Waals surface area contributed by atoms with Crippen LogP contribution in [-0.4, -0.2) is 34.1 Å². The highest BCUT2D eigenvalue weighted by atomic mass is 16.6. The molecule has 2 rings (SSSR count). The van der Waals surface area contributed by atoms with Crippen LogP contribution in [0.15, 0.2) is 6.20 Å². The molecular weight excluding hydrogens is 298 g/mol. The highest BCUT2D eigenvalue weighted by molar-refractivity contribution is 5.69. The Hall–Kier alpha value is -2.05. The number of ether oxygens (including phenoxy) is 2. The zero-order valence-corrected chi connectivity index (χ0v) is 14.2. The Kier molecular flexibility index (Phi) is 5.28. The first-order valence-electron chi connectivity index (χ1n) is 8.00. The summed E-state index contributed by atoms with van der Waals surface area (Å²) in [5.41, 5.74) is 1.33. The van der Waals surface area contributed by atoms with Gasteiger partial charge in [-0.3, -0.25) is 9.48 Å². The molecule has 7 heteroatoms. The van der Waals surface area contributed by atoms with Crippen molar-refractivity contribution in [1.29, 1.82) is 0 Å². The predicted octanol–water partition coefficient (Wildman–Crippen LogP) is 2.35. The summed E-state index contributed by atoms with van der Waals surface area (Å²) in [4.78, 5) is 23.5. The SMILES string of the molecule is CCOC(=O)Cn1cc2c(n1)C(NC(=O)OC(C)(C)C)CCC2. The Bertz CT molecular complexity index is 574. The largest absolute Gasteiger partial charge is 0.465 e. The summed E-state index contributed by atoms with van der Waals surface area (Å²) in [5.74, 6) is -0.316. The van der Waals surface area contributed by atoms with Crippen LogP contribution in [0.4, 0.5) is 4.79 Å². The first-order valence-corrected chi connectivity index (χ1v) is 8.00. The molecule has 0 radical (unpaired) electrons. The third-order valence-electron chi connectivity index (χ3n) is 3.43. The van der Waals surface area contributed by atoms with Crippen molar-refractivity contribution < 1.29 is 19.1 Å². The van der Waals surface area contributed by atoms with Gasteiger partial charge in [0.25, 0.3) is 0 Å². The summed E-state index contributed by atoms with van der Waals surface area (Å²) in [6.45, 7) is 7.68. The molecule has 1 aliphatic rings. The summed E-state index contributed by atoms with van der Waals surface area (Å²) in [6, 6.07) is -0.183. The van der Waals surface area contributed by atoms with Crippen LogP contribution in [0.1, 0.15) is 57.8 Å². The minimum Gasteiger partial charge on any atom is -0.465 e. The van der Waals surface area contributed by atoms with Crippen molar-refractivity contribution in [3.05, 3.63) is 17.5 Å². The number of aryl methyl sites for hydroxylation is 1. The molecule has 1 heterocycles. The van der Waals surface area contributed by atoms with E-state index in [1.165, 1.54) is 0 Å². The fraction of sp³-hybridized carbons (Fsp3) is 0.688. The van der Waals surface area contributed by atoms with Crippen LogP contribution in [0, 0.1) is 0 Å². The van der Waals surface area contributed by atoms with E-state index in [1.807, 2.05) is 27.0 Å². The number of fused-ring (bicyclic) bond motifs is 1. The maximum Gasteiger partial charge on any atom is 0.408 e. The number of carbonyl (C=O) groups excluding carboxylic acids is 2. The van der Waals surface area contributed by atoms with E-state index in [0.29, 0.717) is 6.61 Å². The van der Waals surface area contributed by atoms with E-state index in [-0.39, 0.29) is 18.6 Å². The molecule has 1 N–H and O–H groups in total. The standard InChI is InChI=1S/C16H25N3O4/c1-5-22-13(20)10-19-9-11-7-6-8-12(14(11)18-19)17-15(21)23-16(2,3)4/h9,12H,5-8,10H2,1-4H3,(H,17,21). The fourth-order valence-electron chi connectivity index (χ4n) is 2.61. The molecule has 0 spiro atoms. The Morgan fingerprint density at radius 2 is 2.17 bits per heavy atom. The van der Waals surface area contributed by atoms with Gasteiger partial charge in [0.15, 0.2) is 0 Å². The zero-order valence-electron chi connectivity index (χ0n) is 14.2. The number of esters is 1. The number of rotatable bonds is 4. The number of aromatic nitrogens is 2. The van der Waals surface area contributed by atoms with Crippen LogP contribution in [0.5, 0.6) is 0 Å². The van der Waals surface area contributed by atoms with E-state index in [2.05, 4.69) is 10.4 Å². The second-order valence-corrected chi connectivity index (χ2v) is 6.63. The predicted molar refractivity (Wildman–Crippen MR) is 83.9 cm³/mol. The minimum absolute atomic E-state index is 0.0833. The Labute approximate surface area is 136 Å². The lowest BCUT2D eigenvalue weighted by atomic mass is 9.94. The molecule has 0 saturated carbocycles. The fourth-order valence-corrected chi connectivity index (χ4v) is 2.61. The van der Waals surface area contributed by atoms with Crippen molar-refractivity contribution in [2.24, 2.45) is 0 Å². The van der Waals surface area contributed by atoms with Gasteiger partial charge in [0.2, 0.25) is 0 Å². The zero-order chi connectivity index (χ0) is 17.0. The van der Waals surface area contributed by atoms with Gasteiger partial charge in [-0.25, -0.2) is 4.79 Å². The number of amides is 1. The van der Waals surface area contributed by atoms with Crippen molar-refractivity contribution in [2.75, 3.05) is 6.61 Å². The third kappa shape index (κ3) is 4.97. The quantitative estimate of drug-likeness (QED) is 0.860. The molecule has 1 amide bonds. The van der Waals surface area contributed by atoms with Gasteiger partial charge in [-0.2, -0.15) is 5.10 Å². The summed E-state index contributed by atoms with van der Waals surface area (Å²) in [5, 5.41) is 7.32. The number of alkyl carbamates (subject to hydrolysis) is 1. The normalized spacial score (nSPS) is 17.3. The third-order valence-corrected chi connectivity index (χ3v) is 3.43. The van der Waals surface area contributed by atoms with Crippen LogP contribution >= 0.6 is 0 Å². The summed E-state index contributed by atoms with van der Waals surface area (Å²) < 4.78 is 11.8. The Morgan fingerprint density at radius 1 is 1.43 bits per heavy atom. The molecule has 1 aromatic heterocycles. The number of carbonyl (C=O) groups is 2. The minimum atomic E-state index is -0.537. The molecule has 0 fully saturated rings. The van der Waals surface area contributed by atoms with Crippen molar-refractivity contribution in [3.63, 3.8) is 0 Å². The van der Waals surface area contributed by atoms with E-state index in [4.69, 9.17) is 9.47 Å². The summed E-state index contributed by atoms with van der Waals surface area (Å²) >= 11 is 0. The Morgan fingerprint density at radius 3 is 2.83 bits per heavy atom. The number of hydrogen-bond donors (Lipinski definition) is 1. The van der Waals surface area contributed by atoms with Crippen LogP contribution in [0.3, 0.4) is 0 Å². The van der Waals surface area contributed by atoms with Crippen molar-refractivity contribution >= 4 is 12.1 Å². The van der Waals surface area contributed by atoms with Gasteiger partial charge < -0.3 is 14.8 Å². The van der Waals surface area contributed by atoms with E-state index < -0.39 is 11.7 Å². The highest BCUT2D eigenvalue weighted by Gasteiger charge is 2.27. The van der Waals surface area contributed by atoms with Crippen molar-refractivity contribution in [2.45, 2.75) is 65.1 Å². The first-order chi connectivity index (χ1) is 10.8. The van der Waals surface area contributed by atoms with Gasteiger partial charge in [0, 0.05) is 6.20 Å². The lowest BCUT2D eigenvalue weighted by Gasteiger charge is -2.25. The molecule has 0 bridgehead atoms. The monoisotopic (exact) mass is 323 g/mol. The maximum absolute atomic E-state index is 12.0. The van der Waals surface area contributed by atoms with Gasteiger partial charge in [0.1, 0.15) is 12.1 Å². The van der Waals surface area contributed by atoms with Crippen LogP contribution in [0.25, 0.3) is 0 Å². The molecule has 7 nitrogen and oxygen atoms in total. The number of nitrogens with zero attached hydrogens (tertiary/aromatic N) is 2. The van der Waals surface area contributed by atoms with Crippen molar-refractivity contribution in [3.8, 4) is 0 Å². The maximum atomic E-state index is 12.0. The van der Waals surface area contributed by atoms with Crippen LogP contribution in [-0.2, 0) is 27.2 Å². The van der Waals surface area contributed by atoms with Gasteiger partial charge in [-0.15, -0.1) is 0 Å². The average molecular weight is 323 g/mol. The summed E-state index contributed by atoms with van der Waals surface area (Å²) in [6.07, 6.45) is 4.07. The topological polar surface area (TPSA) is 82.5 Å². The average Bonchev–Trinajstić information content (AvgIpc) is 2.80. The van der Waals surface area contributed by atoms with Gasteiger partial charge in [-0.05, 0) is 52.5 Å². The van der Waals surface area contributed by atoms with Crippen LogP contribution < -0.4 is 5.32 Å². The summed E-state index contributed by atoms with van der Waals surface area (Å²) in [7, 11) is 0. The molecule has 0 aromatic carbocycles. The molecule has 0 aliphatic heterocycles. The van der Waals surface area contributed by atoms with E-state index in [9.17, 15) is 9.59 Å². The second-order valence-electron chi connectivity index (χ2n) is 6.63. The molecule has 1 atom stereocenters. The Balaban J connectivity index is 2.05.